The average Bonchev–Trinajstić information content (AvgIpc) is 2.69. The number of rotatable bonds is 6. The van der Waals surface area contributed by atoms with Gasteiger partial charge in [-0.05, 0) is 43.1 Å². The van der Waals surface area contributed by atoms with E-state index in [2.05, 4.69) is 20.9 Å². The lowest BCUT2D eigenvalue weighted by atomic mass is 10.0. The van der Waals surface area contributed by atoms with Gasteiger partial charge < -0.3 is 16.0 Å². The summed E-state index contributed by atoms with van der Waals surface area (Å²) in [6.45, 7) is 1.74. The zero-order valence-corrected chi connectivity index (χ0v) is 14.7. The first-order valence-electron chi connectivity index (χ1n) is 8.98. The van der Waals surface area contributed by atoms with Gasteiger partial charge in [0.25, 0.3) is 5.91 Å². The van der Waals surface area contributed by atoms with E-state index in [1.54, 1.807) is 36.7 Å². The second-order valence-corrected chi connectivity index (χ2v) is 6.51. The molecule has 2 aromatic rings. The van der Waals surface area contributed by atoms with Crippen molar-refractivity contribution < 1.29 is 9.59 Å². The summed E-state index contributed by atoms with van der Waals surface area (Å²) in [6.07, 6.45) is 5.80. The molecule has 6 nitrogen and oxygen atoms in total. The molecule has 0 bridgehead atoms. The Hall–Kier alpha value is -2.73. The summed E-state index contributed by atoms with van der Waals surface area (Å²) in [4.78, 5) is 29.4. The highest BCUT2D eigenvalue weighted by Crippen LogP contribution is 2.07. The van der Waals surface area contributed by atoms with Crippen molar-refractivity contribution in [1.29, 1.82) is 0 Å². The quantitative estimate of drug-likeness (QED) is 0.732. The number of carbonyl (C=O) groups excluding carboxylic acids is 2. The van der Waals surface area contributed by atoms with Crippen molar-refractivity contribution >= 4 is 11.8 Å². The van der Waals surface area contributed by atoms with Crippen molar-refractivity contribution in [2.75, 3.05) is 13.1 Å². The minimum atomic E-state index is -0.645. The minimum Gasteiger partial charge on any atom is -0.350 e. The number of aromatic nitrogens is 1. The van der Waals surface area contributed by atoms with Gasteiger partial charge in [0.2, 0.25) is 5.91 Å². The van der Waals surface area contributed by atoms with Crippen LogP contribution in [0.1, 0.15) is 28.8 Å². The van der Waals surface area contributed by atoms with E-state index in [4.69, 9.17) is 0 Å². The van der Waals surface area contributed by atoms with Crippen LogP contribution in [0.3, 0.4) is 0 Å². The molecule has 2 unspecified atom stereocenters. The summed E-state index contributed by atoms with van der Waals surface area (Å²) < 4.78 is 0. The largest absolute Gasteiger partial charge is 0.350 e. The molecule has 2 amide bonds. The highest BCUT2D eigenvalue weighted by atomic mass is 16.2. The first-order chi connectivity index (χ1) is 12.7. The maximum atomic E-state index is 12.8. The van der Waals surface area contributed by atoms with E-state index >= 15 is 0 Å². The first-order valence-corrected chi connectivity index (χ1v) is 8.98. The molecule has 1 fully saturated rings. The normalized spacial score (nSPS) is 17.9. The van der Waals surface area contributed by atoms with Crippen LogP contribution in [-0.4, -0.2) is 42.0 Å². The van der Waals surface area contributed by atoms with Gasteiger partial charge in [-0.1, -0.05) is 24.3 Å². The van der Waals surface area contributed by atoms with Gasteiger partial charge in [0.1, 0.15) is 6.04 Å². The van der Waals surface area contributed by atoms with Crippen LogP contribution >= 0.6 is 0 Å². The summed E-state index contributed by atoms with van der Waals surface area (Å²) >= 11 is 0. The number of hydrogen-bond donors (Lipinski definition) is 3. The summed E-state index contributed by atoms with van der Waals surface area (Å²) in [6, 6.07) is 12.1. The Balaban J connectivity index is 1.70. The van der Waals surface area contributed by atoms with Crippen LogP contribution in [0, 0.1) is 0 Å². The van der Waals surface area contributed by atoms with Crippen LogP contribution in [0.15, 0.2) is 54.9 Å². The molecule has 0 radical (unpaired) electrons. The molecule has 2 heterocycles. The molecule has 1 aliphatic rings. The lowest BCUT2D eigenvalue weighted by molar-refractivity contribution is -0.123. The average molecular weight is 352 g/mol. The topological polar surface area (TPSA) is 83.1 Å². The Kier molecular flexibility index (Phi) is 6.33. The van der Waals surface area contributed by atoms with Gasteiger partial charge in [0, 0.05) is 37.0 Å². The molecule has 0 spiro atoms. The predicted octanol–water partition coefficient (Wildman–Crippen LogP) is 1.29. The van der Waals surface area contributed by atoms with Gasteiger partial charge in [-0.3, -0.25) is 14.6 Å². The van der Waals surface area contributed by atoms with Crippen LogP contribution in [0.25, 0.3) is 0 Å². The summed E-state index contributed by atoms with van der Waals surface area (Å²) in [7, 11) is 0. The summed E-state index contributed by atoms with van der Waals surface area (Å²) in [5.74, 6) is -0.414. The van der Waals surface area contributed by atoms with Crippen LogP contribution in [-0.2, 0) is 11.2 Å². The lowest BCUT2D eigenvalue weighted by Crippen LogP contribution is -2.53. The Morgan fingerprint density at radius 1 is 1.19 bits per heavy atom. The van der Waals surface area contributed by atoms with E-state index in [0.29, 0.717) is 12.0 Å². The number of hydrogen-bond acceptors (Lipinski definition) is 4. The molecule has 1 saturated heterocycles. The van der Waals surface area contributed by atoms with E-state index in [9.17, 15) is 9.59 Å². The SMILES string of the molecule is O=C(NC(Cc1cccnc1)C(=O)NC1CCCNC1)c1ccccc1. The Morgan fingerprint density at radius 3 is 2.73 bits per heavy atom. The molecule has 26 heavy (non-hydrogen) atoms. The molecule has 1 aliphatic heterocycles. The number of carbonyl (C=O) groups is 2. The van der Waals surface area contributed by atoms with E-state index in [-0.39, 0.29) is 17.9 Å². The zero-order valence-electron chi connectivity index (χ0n) is 14.7. The number of amides is 2. The van der Waals surface area contributed by atoms with Crippen molar-refractivity contribution in [2.45, 2.75) is 31.3 Å². The molecule has 0 saturated carbocycles. The van der Waals surface area contributed by atoms with Crippen molar-refractivity contribution in [3.63, 3.8) is 0 Å². The highest BCUT2D eigenvalue weighted by molar-refractivity contribution is 5.97. The lowest BCUT2D eigenvalue weighted by Gasteiger charge is -2.26. The molecule has 3 N–H and O–H groups in total. The maximum absolute atomic E-state index is 12.8. The monoisotopic (exact) mass is 352 g/mol. The van der Waals surface area contributed by atoms with E-state index in [1.165, 1.54) is 0 Å². The van der Waals surface area contributed by atoms with E-state index in [1.807, 2.05) is 18.2 Å². The molecule has 6 heteroatoms. The number of nitrogens with one attached hydrogen (secondary N) is 3. The van der Waals surface area contributed by atoms with Gasteiger partial charge in [-0.15, -0.1) is 0 Å². The number of piperidine rings is 1. The van der Waals surface area contributed by atoms with Crippen LogP contribution < -0.4 is 16.0 Å². The second-order valence-electron chi connectivity index (χ2n) is 6.51. The van der Waals surface area contributed by atoms with Crippen LogP contribution in [0.2, 0.25) is 0 Å². The third kappa shape index (κ3) is 5.13. The highest BCUT2D eigenvalue weighted by Gasteiger charge is 2.25. The van der Waals surface area contributed by atoms with Crippen LogP contribution in [0.4, 0.5) is 0 Å². The third-order valence-electron chi connectivity index (χ3n) is 4.46. The smallest absolute Gasteiger partial charge is 0.251 e. The van der Waals surface area contributed by atoms with Gasteiger partial charge in [-0.2, -0.15) is 0 Å². The van der Waals surface area contributed by atoms with E-state index < -0.39 is 6.04 Å². The van der Waals surface area contributed by atoms with Crippen molar-refractivity contribution in [2.24, 2.45) is 0 Å². The maximum Gasteiger partial charge on any atom is 0.251 e. The zero-order chi connectivity index (χ0) is 18.2. The molecule has 1 aromatic carbocycles. The predicted molar refractivity (Wildman–Crippen MR) is 99.7 cm³/mol. The molecule has 3 rings (SSSR count). The minimum absolute atomic E-state index is 0.0984. The number of nitrogens with zero attached hydrogens (tertiary/aromatic N) is 1. The molecule has 0 aliphatic carbocycles. The number of pyridine rings is 1. The van der Waals surface area contributed by atoms with Crippen molar-refractivity contribution in [1.82, 2.24) is 20.9 Å². The molecular weight excluding hydrogens is 328 g/mol. The summed E-state index contributed by atoms with van der Waals surface area (Å²) in [5.41, 5.74) is 1.44. The van der Waals surface area contributed by atoms with Gasteiger partial charge >= 0.3 is 0 Å². The standard InChI is InChI=1S/C20H24N4O2/c25-19(16-7-2-1-3-8-16)24-18(12-15-6-4-10-21-13-15)20(26)23-17-9-5-11-22-14-17/h1-4,6-8,10,13,17-18,22H,5,9,11-12,14H2,(H,23,26)(H,24,25). The third-order valence-corrected chi connectivity index (χ3v) is 4.46. The fraction of sp³-hybridized carbons (Fsp3) is 0.350. The van der Waals surface area contributed by atoms with Crippen LogP contribution in [0.5, 0.6) is 0 Å². The van der Waals surface area contributed by atoms with Gasteiger partial charge in [-0.25, -0.2) is 0 Å². The number of benzene rings is 1. The Morgan fingerprint density at radius 2 is 2.04 bits per heavy atom. The molecular formula is C20H24N4O2. The fourth-order valence-corrected chi connectivity index (χ4v) is 3.07. The first kappa shape index (κ1) is 18.1. The summed E-state index contributed by atoms with van der Waals surface area (Å²) in [5, 5.41) is 9.21. The van der Waals surface area contributed by atoms with Gasteiger partial charge in [0.15, 0.2) is 0 Å². The van der Waals surface area contributed by atoms with Crippen molar-refractivity contribution in [3.05, 3.63) is 66.0 Å². The molecule has 2 atom stereocenters. The molecule has 1 aromatic heterocycles. The molecule has 136 valence electrons. The fourth-order valence-electron chi connectivity index (χ4n) is 3.07. The van der Waals surface area contributed by atoms with Gasteiger partial charge in [0.05, 0.1) is 0 Å². The second kappa shape index (κ2) is 9.10. The Labute approximate surface area is 153 Å². The Bertz CT molecular complexity index is 715. The van der Waals surface area contributed by atoms with E-state index in [0.717, 1.165) is 31.5 Å². The van der Waals surface area contributed by atoms with Crippen molar-refractivity contribution in [3.8, 4) is 0 Å².